The molecule has 1 unspecified atom stereocenters. The normalized spacial score (nSPS) is 12.3. The molecule has 0 saturated carbocycles. The number of sulfonamides is 1. The van der Waals surface area contributed by atoms with Gasteiger partial charge in [-0.2, -0.15) is 0 Å². The van der Waals surface area contributed by atoms with Crippen LogP contribution in [0.5, 0.6) is 0 Å². The highest BCUT2D eigenvalue weighted by atomic mass is 35.5. The van der Waals surface area contributed by atoms with E-state index in [4.69, 9.17) is 0 Å². The van der Waals surface area contributed by atoms with E-state index in [9.17, 15) is 8.42 Å². The Hall–Kier alpha value is -0.920. The van der Waals surface area contributed by atoms with E-state index in [1.165, 1.54) is 0 Å². The van der Waals surface area contributed by atoms with E-state index in [1.807, 2.05) is 6.92 Å². The molecule has 23 heavy (non-hydrogen) atoms. The number of benzene rings is 1. The number of nitrogens with zero attached hydrogens (tertiary/aromatic N) is 1. The molecule has 8 heteroatoms. The first-order chi connectivity index (χ1) is 10.0. The Balaban J connectivity index is 0.00000242. The van der Waals surface area contributed by atoms with E-state index >= 15 is 0 Å². The SMILES string of the molecule is CCCNCC(C)NS(=O)(=O)c1ccc2cnccc2c1.Cl.Cl. The molecule has 0 aliphatic rings. The number of pyridine rings is 1. The minimum Gasteiger partial charge on any atom is -0.315 e. The van der Waals surface area contributed by atoms with Crippen LogP contribution in [0.25, 0.3) is 10.8 Å². The van der Waals surface area contributed by atoms with Crippen molar-refractivity contribution in [2.45, 2.75) is 31.2 Å². The molecular weight excluding hydrogens is 357 g/mol. The van der Waals surface area contributed by atoms with E-state index < -0.39 is 10.0 Å². The second-order valence-electron chi connectivity index (χ2n) is 5.11. The Labute approximate surface area is 150 Å². The Bertz CT molecular complexity index is 711. The fourth-order valence-electron chi connectivity index (χ4n) is 2.10. The van der Waals surface area contributed by atoms with Crippen LogP contribution in [-0.2, 0) is 10.0 Å². The average molecular weight is 380 g/mol. The van der Waals surface area contributed by atoms with E-state index in [1.54, 1.807) is 36.7 Å². The van der Waals surface area contributed by atoms with Crippen molar-refractivity contribution in [3.05, 3.63) is 36.7 Å². The van der Waals surface area contributed by atoms with Gasteiger partial charge in [0.05, 0.1) is 4.90 Å². The minimum atomic E-state index is -3.50. The second kappa shape index (κ2) is 10.1. The summed E-state index contributed by atoms with van der Waals surface area (Å²) in [6.07, 6.45) is 4.40. The average Bonchev–Trinajstić information content (AvgIpc) is 2.46. The Morgan fingerprint density at radius 2 is 1.91 bits per heavy atom. The maximum absolute atomic E-state index is 12.4. The van der Waals surface area contributed by atoms with E-state index in [0.717, 1.165) is 23.7 Å². The van der Waals surface area contributed by atoms with Gasteiger partial charge < -0.3 is 5.32 Å². The van der Waals surface area contributed by atoms with Crippen molar-refractivity contribution in [1.82, 2.24) is 15.0 Å². The summed E-state index contributed by atoms with van der Waals surface area (Å²) in [6, 6.07) is 6.70. The minimum absolute atomic E-state index is 0. The third kappa shape index (κ3) is 6.24. The molecule has 0 fully saturated rings. The molecule has 2 N–H and O–H groups in total. The van der Waals surface area contributed by atoms with Gasteiger partial charge in [-0.15, -0.1) is 24.8 Å². The maximum atomic E-state index is 12.4. The quantitative estimate of drug-likeness (QED) is 0.725. The highest BCUT2D eigenvalue weighted by Gasteiger charge is 2.17. The molecule has 1 heterocycles. The van der Waals surface area contributed by atoms with Gasteiger partial charge in [-0.3, -0.25) is 4.98 Å². The summed E-state index contributed by atoms with van der Waals surface area (Å²) in [5.74, 6) is 0. The lowest BCUT2D eigenvalue weighted by molar-refractivity contribution is 0.536. The van der Waals surface area contributed by atoms with Gasteiger partial charge in [0.15, 0.2) is 0 Å². The van der Waals surface area contributed by atoms with Gasteiger partial charge in [-0.25, -0.2) is 13.1 Å². The Morgan fingerprint density at radius 1 is 1.17 bits per heavy atom. The monoisotopic (exact) mass is 379 g/mol. The molecule has 1 atom stereocenters. The third-order valence-electron chi connectivity index (χ3n) is 3.16. The summed E-state index contributed by atoms with van der Waals surface area (Å²) >= 11 is 0. The molecule has 130 valence electrons. The third-order valence-corrected chi connectivity index (χ3v) is 4.74. The van der Waals surface area contributed by atoms with Gasteiger partial charge >= 0.3 is 0 Å². The number of rotatable bonds is 7. The van der Waals surface area contributed by atoms with Crippen LogP contribution in [-0.4, -0.2) is 32.5 Å². The zero-order chi connectivity index (χ0) is 15.3. The van der Waals surface area contributed by atoms with Gasteiger partial charge in [0.2, 0.25) is 10.0 Å². The van der Waals surface area contributed by atoms with Crippen LogP contribution >= 0.6 is 24.8 Å². The smallest absolute Gasteiger partial charge is 0.240 e. The first-order valence-corrected chi connectivity index (χ1v) is 8.58. The van der Waals surface area contributed by atoms with E-state index in [-0.39, 0.29) is 35.8 Å². The summed E-state index contributed by atoms with van der Waals surface area (Å²) in [5, 5.41) is 4.99. The van der Waals surface area contributed by atoms with Gasteiger partial charge in [-0.1, -0.05) is 13.0 Å². The molecule has 5 nitrogen and oxygen atoms in total. The first kappa shape index (κ1) is 22.1. The number of halogens is 2. The van der Waals surface area contributed by atoms with E-state index in [0.29, 0.717) is 6.54 Å². The van der Waals surface area contributed by atoms with Crippen LogP contribution in [0.1, 0.15) is 20.3 Å². The second-order valence-corrected chi connectivity index (χ2v) is 6.83. The standard InChI is InChI=1S/C15H21N3O2S.2ClH/c1-3-7-16-10-12(2)18-21(19,20)15-5-4-14-11-17-8-6-13(14)9-15;;/h4-6,8-9,11-12,16,18H,3,7,10H2,1-2H3;2*1H. The highest BCUT2D eigenvalue weighted by Crippen LogP contribution is 2.18. The molecule has 0 aliphatic heterocycles. The van der Waals surface area contributed by atoms with Crippen LogP contribution in [0.2, 0.25) is 0 Å². The first-order valence-electron chi connectivity index (χ1n) is 7.10. The molecule has 0 aliphatic carbocycles. The topological polar surface area (TPSA) is 71.1 Å². The summed E-state index contributed by atoms with van der Waals surface area (Å²) < 4.78 is 27.4. The number of aromatic nitrogens is 1. The molecule has 0 saturated heterocycles. The fraction of sp³-hybridized carbons (Fsp3) is 0.400. The Morgan fingerprint density at radius 3 is 2.61 bits per heavy atom. The predicted molar refractivity (Wildman–Crippen MR) is 99.2 cm³/mol. The number of hydrogen-bond donors (Lipinski definition) is 2. The van der Waals surface area contributed by atoms with E-state index in [2.05, 4.69) is 21.9 Å². The molecular formula is C15H23Cl2N3O2S. The van der Waals surface area contributed by atoms with Gasteiger partial charge in [0, 0.05) is 30.4 Å². The van der Waals surface area contributed by atoms with Crippen molar-refractivity contribution in [2.24, 2.45) is 0 Å². The van der Waals surface area contributed by atoms with Crippen molar-refractivity contribution in [3.8, 4) is 0 Å². The van der Waals surface area contributed by atoms with Crippen LogP contribution in [0.15, 0.2) is 41.6 Å². The highest BCUT2D eigenvalue weighted by molar-refractivity contribution is 7.89. The molecule has 2 rings (SSSR count). The number of nitrogens with one attached hydrogen (secondary N) is 2. The van der Waals surface area contributed by atoms with Crippen molar-refractivity contribution in [1.29, 1.82) is 0 Å². The molecule has 2 aromatic rings. The summed E-state index contributed by atoms with van der Waals surface area (Å²) in [7, 11) is -3.50. The maximum Gasteiger partial charge on any atom is 0.240 e. The molecule has 0 radical (unpaired) electrons. The number of hydrogen-bond acceptors (Lipinski definition) is 4. The molecule has 1 aromatic carbocycles. The largest absolute Gasteiger partial charge is 0.315 e. The summed E-state index contributed by atoms with van der Waals surface area (Å²) in [4.78, 5) is 4.30. The van der Waals surface area contributed by atoms with Crippen LogP contribution < -0.4 is 10.0 Å². The molecule has 0 amide bonds. The Kier molecular flexibility index (Phi) is 9.65. The lowest BCUT2D eigenvalue weighted by Crippen LogP contribution is -2.40. The van der Waals surface area contributed by atoms with Gasteiger partial charge in [0.25, 0.3) is 0 Å². The lowest BCUT2D eigenvalue weighted by atomic mass is 10.2. The van der Waals surface area contributed by atoms with Crippen LogP contribution in [0.4, 0.5) is 0 Å². The zero-order valence-corrected chi connectivity index (χ0v) is 15.6. The fourth-order valence-corrected chi connectivity index (χ4v) is 3.38. The predicted octanol–water partition coefficient (Wildman–Crippen LogP) is 2.74. The lowest BCUT2D eigenvalue weighted by Gasteiger charge is -2.15. The van der Waals surface area contributed by atoms with Crippen molar-refractivity contribution in [3.63, 3.8) is 0 Å². The zero-order valence-electron chi connectivity index (χ0n) is 13.2. The summed E-state index contributed by atoms with van der Waals surface area (Å²) in [5.41, 5.74) is 0. The molecule has 0 bridgehead atoms. The summed E-state index contributed by atoms with van der Waals surface area (Å²) in [6.45, 7) is 5.43. The van der Waals surface area contributed by atoms with Crippen molar-refractivity contribution >= 4 is 45.6 Å². The van der Waals surface area contributed by atoms with Crippen LogP contribution in [0, 0.1) is 0 Å². The van der Waals surface area contributed by atoms with Gasteiger partial charge in [-0.05, 0) is 43.5 Å². The van der Waals surface area contributed by atoms with Crippen LogP contribution in [0.3, 0.4) is 0 Å². The molecule has 1 aromatic heterocycles. The number of fused-ring (bicyclic) bond motifs is 1. The van der Waals surface area contributed by atoms with Crippen molar-refractivity contribution in [2.75, 3.05) is 13.1 Å². The molecule has 0 spiro atoms. The van der Waals surface area contributed by atoms with Gasteiger partial charge in [0.1, 0.15) is 0 Å². The van der Waals surface area contributed by atoms with Crippen molar-refractivity contribution < 1.29 is 8.42 Å².